The number of rotatable bonds is 2. The predicted octanol–water partition coefficient (Wildman–Crippen LogP) is 1.67. The highest BCUT2D eigenvalue weighted by molar-refractivity contribution is 5.98. The van der Waals surface area contributed by atoms with Gasteiger partial charge in [0, 0.05) is 19.7 Å². The molecular formula is C13H17FN2O5. The Balaban J connectivity index is 0.000000677. The van der Waals surface area contributed by atoms with Gasteiger partial charge < -0.3 is 15.1 Å². The van der Waals surface area contributed by atoms with Gasteiger partial charge in [-0.25, -0.2) is 4.39 Å². The molecule has 7 nitrogen and oxygen atoms in total. The molecule has 1 fully saturated rings. The summed E-state index contributed by atoms with van der Waals surface area (Å²) in [4.78, 5) is 23.5. The van der Waals surface area contributed by atoms with Crippen LogP contribution in [0.4, 0.5) is 10.1 Å². The summed E-state index contributed by atoms with van der Waals surface area (Å²) in [6, 6.07) is 1.38. The molecule has 1 aliphatic rings. The second kappa shape index (κ2) is 7.53. The van der Waals surface area contributed by atoms with Gasteiger partial charge in [0.25, 0.3) is 11.6 Å². The number of nitro benzene ring substituents is 1. The molecule has 0 aromatic heterocycles. The molecule has 8 heteroatoms. The van der Waals surface area contributed by atoms with Gasteiger partial charge in [0.05, 0.1) is 11.0 Å². The molecule has 1 aliphatic heterocycles. The van der Waals surface area contributed by atoms with E-state index in [2.05, 4.69) is 0 Å². The quantitative estimate of drug-likeness (QED) is 0.638. The standard InChI is InChI=1S/C11H11FN2O4.C2H6O/c12-8-5-7(9(14(17)18)6-10(8)15)11(16)13-3-1-2-4-13;1-2-3/h5-6,15H,1-4H2;3H,2H2,1H3. The lowest BCUT2D eigenvalue weighted by Gasteiger charge is -2.15. The van der Waals surface area contributed by atoms with Gasteiger partial charge in [-0.2, -0.15) is 0 Å². The molecule has 0 spiro atoms. The van der Waals surface area contributed by atoms with Crippen LogP contribution in [0.3, 0.4) is 0 Å². The molecule has 116 valence electrons. The number of hydrogen-bond donors (Lipinski definition) is 2. The Morgan fingerprint density at radius 1 is 1.43 bits per heavy atom. The molecule has 1 heterocycles. The first-order valence-corrected chi connectivity index (χ1v) is 6.49. The van der Waals surface area contributed by atoms with Gasteiger partial charge in [-0.05, 0) is 25.8 Å². The van der Waals surface area contributed by atoms with Crippen LogP contribution in [0.1, 0.15) is 30.1 Å². The van der Waals surface area contributed by atoms with E-state index in [1.54, 1.807) is 6.92 Å². The summed E-state index contributed by atoms with van der Waals surface area (Å²) in [6.07, 6.45) is 1.67. The van der Waals surface area contributed by atoms with Gasteiger partial charge in [-0.15, -0.1) is 0 Å². The van der Waals surface area contributed by atoms with Gasteiger partial charge in [-0.3, -0.25) is 14.9 Å². The van der Waals surface area contributed by atoms with Crippen LogP contribution >= 0.6 is 0 Å². The highest BCUT2D eigenvalue weighted by Gasteiger charge is 2.28. The predicted molar refractivity (Wildman–Crippen MR) is 72.6 cm³/mol. The molecule has 0 radical (unpaired) electrons. The van der Waals surface area contributed by atoms with Crippen molar-refractivity contribution in [3.8, 4) is 5.75 Å². The number of phenolic OH excluding ortho intramolecular Hbond substituents is 1. The number of amides is 1. The van der Waals surface area contributed by atoms with Crippen molar-refractivity contribution in [1.29, 1.82) is 0 Å². The topological polar surface area (TPSA) is 104 Å². The fraction of sp³-hybridized carbons (Fsp3) is 0.462. The molecule has 0 unspecified atom stereocenters. The van der Waals surface area contributed by atoms with Gasteiger partial charge in [0.1, 0.15) is 5.56 Å². The van der Waals surface area contributed by atoms with Gasteiger partial charge in [-0.1, -0.05) is 0 Å². The first kappa shape index (κ1) is 16.8. The fourth-order valence-electron chi connectivity index (χ4n) is 1.96. The lowest BCUT2D eigenvalue weighted by molar-refractivity contribution is -0.385. The minimum absolute atomic E-state index is 0.250. The summed E-state index contributed by atoms with van der Waals surface area (Å²) >= 11 is 0. The number of nitro groups is 1. The highest BCUT2D eigenvalue weighted by Crippen LogP contribution is 2.28. The maximum Gasteiger partial charge on any atom is 0.286 e. The monoisotopic (exact) mass is 300 g/mol. The number of nitrogens with zero attached hydrogens (tertiary/aromatic N) is 2. The van der Waals surface area contributed by atoms with E-state index in [9.17, 15) is 19.3 Å². The average molecular weight is 300 g/mol. The largest absolute Gasteiger partial charge is 0.505 e. The van der Waals surface area contributed by atoms with E-state index in [0.717, 1.165) is 12.8 Å². The summed E-state index contributed by atoms with van der Waals surface area (Å²) in [5.41, 5.74) is -0.900. The molecule has 1 aromatic carbocycles. The average Bonchev–Trinajstić information content (AvgIpc) is 2.95. The SMILES string of the molecule is CCO.O=C(c1cc(F)c(O)cc1[N+](=O)[O-])N1CCCC1. The van der Waals surface area contributed by atoms with Crippen LogP contribution in [0.2, 0.25) is 0 Å². The van der Waals surface area contributed by atoms with Crippen molar-refractivity contribution in [3.05, 3.63) is 33.6 Å². The van der Waals surface area contributed by atoms with Crippen LogP contribution in [0.15, 0.2) is 12.1 Å². The first-order valence-electron chi connectivity index (χ1n) is 6.49. The Hall–Kier alpha value is -2.22. The summed E-state index contributed by atoms with van der Waals surface area (Å²) in [7, 11) is 0. The van der Waals surface area contributed by atoms with Crippen molar-refractivity contribution in [2.45, 2.75) is 19.8 Å². The summed E-state index contributed by atoms with van der Waals surface area (Å²) in [5, 5.41) is 27.5. The van der Waals surface area contributed by atoms with Crippen LogP contribution in [0, 0.1) is 15.9 Å². The van der Waals surface area contributed by atoms with E-state index in [4.69, 9.17) is 10.2 Å². The van der Waals surface area contributed by atoms with Crippen molar-refractivity contribution >= 4 is 11.6 Å². The number of likely N-dealkylation sites (tertiary alicyclic amines) is 1. The lowest BCUT2D eigenvalue weighted by Crippen LogP contribution is -2.28. The number of benzene rings is 1. The third-order valence-electron chi connectivity index (χ3n) is 2.89. The molecule has 1 saturated heterocycles. The second-order valence-corrected chi connectivity index (χ2v) is 4.39. The second-order valence-electron chi connectivity index (χ2n) is 4.39. The zero-order valence-electron chi connectivity index (χ0n) is 11.6. The molecule has 2 N–H and O–H groups in total. The molecule has 1 amide bonds. The van der Waals surface area contributed by atoms with Gasteiger partial charge in [0.2, 0.25) is 0 Å². The number of halogens is 1. The minimum atomic E-state index is -1.04. The molecule has 0 bridgehead atoms. The third kappa shape index (κ3) is 4.12. The fourth-order valence-corrected chi connectivity index (χ4v) is 1.96. The van der Waals surface area contributed by atoms with Gasteiger partial charge in [0.15, 0.2) is 11.6 Å². The Kier molecular flexibility index (Phi) is 6.04. The Morgan fingerprint density at radius 2 is 1.95 bits per heavy atom. The number of phenols is 1. The van der Waals surface area contributed by atoms with Crippen molar-refractivity contribution in [3.63, 3.8) is 0 Å². The number of aromatic hydroxyl groups is 1. The molecule has 21 heavy (non-hydrogen) atoms. The van der Waals surface area contributed by atoms with Crippen LogP contribution in [-0.2, 0) is 0 Å². The molecular weight excluding hydrogens is 283 g/mol. The third-order valence-corrected chi connectivity index (χ3v) is 2.89. The lowest BCUT2D eigenvalue weighted by atomic mass is 10.1. The summed E-state index contributed by atoms with van der Waals surface area (Å²) < 4.78 is 13.2. The highest BCUT2D eigenvalue weighted by atomic mass is 19.1. The smallest absolute Gasteiger partial charge is 0.286 e. The van der Waals surface area contributed by atoms with E-state index in [1.165, 1.54) is 4.90 Å². The van der Waals surface area contributed by atoms with Crippen LogP contribution in [0.25, 0.3) is 0 Å². The number of hydrogen-bond acceptors (Lipinski definition) is 5. The van der Waals surface area contributed by atoms with Crippen molar-refractivity contribution in [1.82, 2.24) is 4.90 Å². The molecule has 1 aromatic rings. The molecule has 0 atom stereocenters. The van der Waals surface area contributed by atoms with E-state index < -0.39 is 28.1 Å². The van der Waals surface area contributed by atoms with Crippen molar-refractivity contribution in [2.24, 2.45) is 0 Å². The zero-order chi connectivity index (χ0) is 16.0. The number of carbonyl (C=O) groups excluding carboxylic acids is 1. The summed E-state index contributed by atoms with van der Waals surface area (Å²) in [5.74, 6) is -2.44. The molecule has 0 aliphatic carbocycles. The van der Waals surface area contributed by atoms with Crippen LogP contribution < -0.4 is 0 Å². The summed E-state index contributed by atoms with van der Waals surface area (Å²) in [6.45, 7) is 2.96. The van der Waals surface area contributed by atoms with E-state index in [-0.39, 0.29) is 12.2 Å². The maximum atomic E-state index is 13.2. The normalized spacial score (nSPS) is 13.6. The number of carbonyl (C=O) groups is 1. The zero-order valence-corrected chi connectivity index (χ0v) is 11.6. The minimum Gasteiger partial charge on any atom is -0.505 e. The van der Waals surface area contributed by atoms with E-state index >= 15 is 0 Å². The van der Waals surface area contributed by atoms with E-state index in [0.29, 0.717) is 25.2 Å². The van der Waals surface area contributed by atoms with E-state index in [1.807, 2.05) is 0 Å². The van der Waals surface area contributed by atoms with Gasteiger partial charge >= 0.3 is 0 Å². The maximum absolute atomic E-state index is 13.2. The number of aliphatic hydroxyl groups excluding tert-OH is 1. The van der Waals surface area contributed by atoms with Crippen molar-refractivity contribution < 1.29 is 24.3 Å². The first-order chi connectivity index (χ1) is 9.92. The van der Waals surface area contributed by atoms with Crippen LogP contribution in [-0.4, -0.2) is 45.6 Å². The van der Waals surface area contributed by atoms with Crippen LogP contribution in [0.5, 0.6) is 5.75 Å². The molecule has 2 rings (SSSR count). The Labute approximate surface area is 120 Å². The van der Waals surface area contributed by atoms with Crippen molar-refractivity contribution in [2.75, 3.05) is 19.7 Å². The Morgan fingerprint density at radius 3 is 2.43 bits per heavy atom. The Bertz CT molecular complexity index is 530. The number of aliphatic hydroxyl groups is 1. The molecule has 0 saturated carbocycles.